The highest BCUT2D eigenvalue weighted by atomic mass is 32.2. The quantitative estimate of drug-likeness (QED) is 0.535. The predicted octanol–water partition coefficient (Wildman–Crippen LogP) is 3.32. The molecule has 0 fully saturated rings. The van der Waals surface area contributed by atoms with E-state index in [9.17, 15) is 13.2 Å². The first-order valence-electron chi connectivity index (χ1n) is 9.46. The summed E-state index contributed by atoms with van der Waals surface area (Å²) in [6, 6.07) is 3.57. The molecule has 1 aromatic rings. The Morgan fingerprint density at radius 1 is 1.33 bits per heavy atom. The number of aryl methyl sites for hydroxylation is 1. The zero-order chi connectivity index (χ0) is 20.2. The zero-order valence-electron chi connectivity index (χ0n) is 16.9. The van der Waals surface area contributed by atoms with Crippen LogP contribution in [0.4, 0.5) is 0 Å². The van der Waals surface area contributed by atoms with Crippen LogP contribution >= 0.6 is 0 Å². The van der Waals surface area contributed by atoms with Crippen molar-refractivity contribution in [1.82, 2.24) is 5.32 Å². The Hall–Kier alpha value is -1.60. The van der Waals surface area contributed by atoms with Crippen LogP contribution < -0.4 is 10.1 Å². The van der Waals surface area contributed by atoms with Gasteiger partial charge in [-0.05, 0) is 51.8 Å². The van der Waals surface area contributed by atoms with E-state index >= 15 is 0 Å². The van der Waals surface area contributed by atoms with E-state index in [0.29, 0.717) is 30.0 Å². The van der Waals surface area contributed by atoms with Gasteiger partial charge in [0.25, 0.3) is 0 Å². The molecule has 27 heavy (non-hydrogen) atoms. The number of benzene rings is 1. The third kappa shape index (κ3) is 5.23. The lowest BCUT2D eigenvalue weighted by Gasteiger charge is -2.39. The SMILES string of the molecule is CCS(=O)(=O)c1c(C)ccc2c1C(NCCCCC(=O)OC)CC(C)(C)O2. The maximum Gasteiger partial charge on any atom is 0.305 e. The molecule has 1 N–H and O–H groups in total. The molecule has 1 unspecified atom stereocenters. The summed E-state index contributed by atoms with van der Waals surface area (Å²) in [4.78, 5) is 11.6. The number of carbonyl (C=O) groups is 1. The summed E-state index contributed by atoms with van der Waals surface area (Å²) < 4.78 is 36.2. The van der Waals surface area contributed by atoms with E-state index in [2.05, 4.69) is 10.1 Å². The highest BCUT2D eigenvalue weighted by Crippen LogP contribution is 2.44. The van der Waals surface area contributed by atoms with E-state index in [0.717, 1.165) is 24.0 Å². The first-order valence-corrected chi connectivity index (χ1v) is 11.1. The van der Waals surface area contributed by atoms with E-state index < -0.39 is 9.84 Å². The molecule has 1 aliphatic heterocycles. The normalized spacial score (nSPS) is 18.5. The van der Waals surface area contributed by atoms with Gasteiger partial charge in [0.1, 0.15) is 11.4 Å². The van der Waals surface area contributed by atoms with Crippen LogP contribution in [-0.4, -0.2) is 39.4 Å². The van der Waals surface area contributed by atoms with Crippen LogP contribution in [0, 0.1) is 6.92 Å². The molecule has 0 amide bonds. The Balaban J connectivity index is 2.27. The first kappa shape index (κ1) is 21.7. The van der Waals surface area contributed by atoms with Crippen molar-refractivity contribution in [2.75, 3.05) is 19.4 Å². The predicted molar refractivity (Wildman–Crippen MR) is 105 cm³/mol. The fraction of sp³-hybridized carbons (Fsp3) is 0.650. The Kier molecular flexibility index (Phi) is 6.92. The van der Waals surface area contributed by atoms with Gasteiger partial charge in [-0.2, -0.15) is 0 Å². The summed E-state index contributed by atoms with van der Waals surface area (Å²) in [5, 5.41) is 3.49. The van der Waals surface area contributed by atoms with Gasteiger partial charge in [0, 0.05) is 24.4 Å². The number of sulfone groups is 1. The molecule has 1 atom stereocenters. The molecule has 0 saturated carbocycles. The number of ether oxygens (including phenoxy) is 2. The van der Waals surface area contributed by atoms with Crippen LogP contribution in [0.2, 0.25) is 0 Å². The molecule has 152 valence electrons. The van der Waals surface area contributed by atoms with Gasteiger partial charge in [-0.1, -0.05) is 13.0 Å². The van der Waals surface area contributed by atoms with Gasteiger partial charge >= 0.3 is 5.97 Å². The van der Waals surface area contributed by atoms with Crippen LogP contribution in [0.1, 0.15) is 63.6 Å². The Morgan fingerprint density at radius 3 is 2.67 bits per heavy atom. The average molecular weight is 398 g/mol. The Morgan fingerprint density at radius 2 is 2.04 bits per heavy atom. The molecular weight excluding hydrogens is 366 g/mol. The first-order chi connectivity index (χ1) is 12.6. The molecule has 1 heterocycles. The summed E-state index contributed by atoms with van der Waals surface area (Å²) in [7, 11) is -1.98. The van der Waals surface area contributed by atoms with Crippen molar-refractivity contribution in [1.29, 1.82) is 0 Å². The molecule has 0 aliphatic carbocycles. The van der Waals surface area contributed by atoms with Gasteiger partial charge < -0.3 is 14.8 Å². The lowest BCUT2D eigenvalue weighted by molar-refractivity contribution is -0.140. The van der Waals surface area contributed by atoms with Gasteiger partial charge in [-0.3, -0.25) is 4.79 Å². The van der Waals surface area contributed by atoms with Crippen LogP contribution in [0.15, 0.2) is 17.0 Å². The van der Waals surface area contributed by atoms with Crippen LogP contribution in [-0.2, 0) is 19.4 Å². The van der Waals surface area contributed by atoms with E-state index in [4.69, 9.17) is 4.74 Å². The molecule has 0 radical (unpaired) electrons. The van der Waals surface area contributed by atoms with Crippen LogP contribution in [0.25, 0.3) is 0 Å². The zero-order valence-corrected chi connectivity index (χ0v) is 17.7. The fourth-order valence-corrected chi connectivity index (χ4v) is 4.97. The summed E-state index contributed by atoms with van der Waals surface area (Å²) in [5.74, 6) is 0.481. The number of hydrogen-bond acceptors (Lipinski definition) is 6. The second-order valence-electron chi connectivity index (χ2n) is 7.63. The van der Waals surface area contributed by atoms with Crippen molar-refractivity contribution in [3.63, 3.8) is 0 Å². The number of rotatable bonds is 8. The van der Waals surface area contributed by atoms with Crippen LogP contribution in [0.5, 0.6) is 5.75 Å². The number of nitrogens with one attached hydrogen (secondary N) is 1. The second-order valence-corrected chi connectivity index (χ2v) is 9.85. The number of hydrogen-bond donors (Lipinski definition) is 1. The number of fused-ring (bicyclic) bond motifs is 1. The molecule has 0 bridgehead atoms. The highest BCUT2D eigenvalue weighted by Gasteiger charge is 2.37. The maximum atomic E-state index is 12.8. The number of esters is 1. The Bertz CT molecular complexity index is 786. The second kappa shape index (κ2) is 8.61. The number of unbranched alkanes of at least 4 members (excludes halogenated alkanes) is 1. The standard InChI is InChI=1S/C20H31NO5S/c1-6-27(23,24)19-14(2)10-11-16-18(19)15(13-20(3,4)26-16)21-12-8-7-9-17(22)25-5/h10-11,15,21H,6-9,12-13H2,1-5H3. The maximum absolute atomic E-state index is 12.8. The minimum Gasteiger partial charge on any atom is -0.487 e. The largest absolute Gasteiger partial charge is 0.487 e. The van der Waals surface area contributed by atoms with Crippen molar-refractivity contribution in [2.24, 2.45) is 0 Å². The van der Waals surface area contributed by atoms with Gasteiger partial charge in [-0.15, -0.1) is 0 Å². The lowest BCUT2D eigenvalue weighted by Crippen LogP contribution is -2.40. The van der Waals surface area contributed by atoms with Crippen LogP contribution in [0.3, 0.4) is 0 Å². The van der Waals surface area contributed by atoms with Gasteiger partial charge in [0.15, 0.2) is 9.84 Å². The van der Waals surface area contributed by atoms with E-state index in [-0.39, 0.29) is 23.4 Å². The average Bonchev–Trinajstić information content (AvgIpc) is 2.60. The van der Waals surface area contributed by atoms with Gasteiger partial charge in [-0.25, -0.2) is 8.42 Å². The summed E-state index contributed by atoms with van der Waals surface area (Å²) in [6.45, 7) is 8.20. The molecule has 6 nitrogen and oxygen atoms in total. The van der Waals surface area contributed by atoms with E-state index in [1.165, 1.54) is 7.11 Å². The summed E-state index contributed by atoms with van der Waals surface area (Å²) in [5.41, 5.74) is 1.10. The van der Waals surface area contributed by atoms with Crippen molar-refractivity contribution in [3.8, 4) is 5.75 Å². The molecule has 0 aromatic heterocycles. The monoisotopic (exact) mass is 397 g/mol. The lowest BCUT2D eigenvalue weighted by atomic mass is 9.88. The van der Waals surface area contributed by atoms with Crippen molar-refractivity contribution in [3.05, 3.63) is 23.3 Å². The Labute approximate surface area is 162 Å². The van der Waals surface area contributed by atoms with E-state index in [1.807, 2.05) is 32.9 Å². The number of methoxy groups -OCH3 is 1. The minimum atomic E-state index is -3.37. The summed E-state index contributed by atoms with van der Waals surface area (Å²) in [6.07, 6.45) is 2.60. The third-order valence-corrected chi connectivity index (χ3v) is 6.82. The number of carbonyl (C=O) groups excluding carboxylic acids is 1. The molecule has 1 aromatic carbocycles. The molecular formula is C20H31NO5S. The van der Waals surface area contributed by atoms with Gasteiger partial charge in [0.05, 0.1) is 17.8 Å². The highest BCUT2D eigenvalue weighted by molar-refractivity contribution is 7.91. The van der Waals surface area contributed by atoms with Crippen molar-refractivity contribution >= 4 is 15.8 Å². The fourth-order valence-electron chi connectivity index (χ4n) is 3.55. The molecule has 0 saturated heterocycles. The summed E-state index contributed by atoms with van der Waals surface area (Å²) >= 11 is 0. The minimum absolute atomic E-state index is 0.0551. The molecule has 0 spiro atoms. The van der Waals surface area contributed by atoms with Crippen molar-refractivity contribution in [2.45, 2.75) is 69.9 Å². The van der Waals surface area contributed by atoms with Gasteiger partial charge in [0.2, 0.25) is 0 Å². The molecule has 1 aliphatic rings. The van der Waals surface area contributed by atoms with Crippen molar-refractivity contribution < 1.29 is 22.7 Å². The third-order valence-electron chi connectivity index (χ3n) is 4.90. The van der Waals surface area contributed by atoms with E-state index in [1.54, 1.807) is 6.92 Å². The topological polar surface area (TPSA) is 81.7 Å². The molecule has 2 rings (SSSR count). The smallest absolute Gasteiger partial charge is 0.305 e. The molecule has 7 heteroatoms.